The number of amides is 2. The molecule has 0 unspecified atom stereocenters. The monoisotopic (exact) mass is 635 g/mol. The van der Waals surface area contributed by atoms with Gasteiger partial charge in [0.1, 0.15) is 10.0 Å². The van der Waals surface area contributed by atoms with Crippen LogP contribution in [0.2, 0.25) is 4.34 Å². The van der Waals surface area contributed by atoms with E-state index in [0.717, 1.165) is 73.5 Å². The number of pyridine rings is 1. The lowest BCUT2D eigenvalue weighted by Crippen LogP contribution is -2.37. The number of aromatic hydroxyl groups is 1. The number of benzene rings is 2. The Kier molecular flexibility index (Phi) is 8.99. The summed E-state index contributed by atoms with van der Waals surface area (Å²) < 4.78 is 47.8. The van der Waals surface area contributed by atoms with E-state index in [1.54, 1.807) is 18.2 Å². The Bertz CT molecular complexity index is 1790. The Balaban J connectivity index is 1.27. The van der Waals surface area contributed by atoms with Crippen molar-refractivity contribution in [3.8, 4) is 11.6 Å². The van der Waals surface area contributed by atoms with Crippen LogP contribution in [-0.2, 0) is 14.8 Å². The molecule has 0 radical (unpaired) electrons. The Hall–Kier alpha value is -3.69. The first-order valence-corrected chi connectivity index (χ1v) is 15.6. The van der Waals surface area contributed by atoms with E-state index in [0.29, 0.717) is 10.8 Å². The molecule has 222 valence electrons. The van der Waals surface area contributed by atoms with Crippen molar-refractivity contribution in [2.45, 2.75) is 10.6 Å². The van der Waals surface area contributed by atoms with E-state index in [1.807, 2.05) is 4.72 Å². The number of ether oxygens (including phenoxy) is 1. The number of thiophene rings is 1. The molecule has 0 saturated carbocycles. The zero-order valence-corrected chi connectivity index (χ0v) is 24.5. The van der Waals surface area contributed by atoms with Crippen LogP contribution >= 0.6 is 22.9 Å². The first-order valence-electron chi connectivity index (χ1n) is 12.9. The van der Waals surface area contributed by atoms with Gasteiger partial charge in [-0.15, -0.1) is 11.3 Å². The summed E-state index contributed by atoms with van der Waals surface area (Å²) in [5.41, 5.74) is -0.213. The zero-order chi connectivity index (χ0) is 29.9. The molecule has 0 aliphatic carbocycles. The molecular weight excluding hydrogens is 609 g/mol. The number of aromatic nitrogens is 1. The number of hydrogen-bond donors (Lipinski definition) is 4. The molecule has 1 aliphatic rings. The molecule has 5 rings (SSSR count). The fraction of sp³-hybridized carbons (Fsp3) is 0.259. The predicted molar refractivity (Wildman–Crippen MR) is 160 cm³/mol. The van der Waals surface area contributed by atoms with Gasteiger partial charge in [-0.25, -0.2) is 26.9 Å². The van der Waals surface area contributed by atoms with E-state index in [-0.39, 0.29) is 19.9 Å². The lowest BCUT2D eigenvalue weighted by Gasteiger charge is -2.26. The van der Waals surface area contributed by atoms with E-state index in [2.05, 4.69) is 15.5 Å². The third kappa shape index (κ3) is 6.85. The molecule has 2 aromatic carbocycles. The number of sulfonamides is 1. The Morgan fingerprint density at radius 2 is 1.83 bits per heavy atom. The quantitative estimate of drug-likeness (QED) is 0.201. The van der Waals surface area contributed by atoms with Crippen LogP contribution in [0.4, 0.5) is 20.6 Å². The standard InChI is InChI=1S/C27H27ClFN5O6S2/c28-23-6-7-25(41-23)42(38,39)32-27(37)31-19-3-5-22(21(29)16-19)34-24(35)15-17-14-18(2-4-20(17)26(34)36)30-8-1-9-33-10-12-40-13-11-33/h2-7,14-16,30,36H,1,8-13H2,(H2,31,32,37). The molecule has 0 bridgehead atoms. The molecule has 2 amide bonds. The summed E-state index contributed by atoms with van der Waals surface area (Å²) in [6.07, 6.45) is 0.927. The lowest BCUT2D eigenvalue weighted by atomic mass is 10.1. The molecule has 1 aliphatic heterocycles. The second kappa shape index (κ2) is 12.7. The van der Waals surface area contributed by atoms with Crippen LogP contribution in [0.1, 0.15) is 6.42 Å². The fourth-order valence-electron chi connectivity index (χ4n) is 4.55. The molecule has 1 fully saturated rings. The van der Waals surface area contributed by atoms with Crippen LogP contribution in [0.25, 0.3) is 16.5 Å². The highest BCUT2D eigenvalue weighted by Crippen LogP contribution is 2.29. The number of anilines is 2. The van der Waals surface area contributed by atoms with Crippen LogP contribution in [0.5, 0.6) is 5.88 Å². The van der Waals surface area contributed by atoms with Crippen LogP contribution in [-0.4, -0.2) is 68.4 Å². The summed E-state index contributed by atoms with van der Waals surface area (Å²) in [6, 6.07) is 11.3. The van der Waals surface area contributed by atoms with Gasteiger partial charge in [0.15, 0.2) is 0 Å². The molecule has 15 heteroatoms. The molecule has 1 saturated heterocycles. The van der Waals surface area contributed by atoms with Crippen molar-refractivity contribution in [3.05, 3.63) is 75.1 Å². The Morgan fingerprint density at radius 1 is 1.07 bits per heavy atom. The van der Waals surface area contributed by atoms with Gasteiger partial charge in [0.05, 0.1) is 23.2 Å². The topological polar surface area (TPSA) is 142 Å². The first-order chi connectivity index (χ1) is 20.1. The highest BCUT2D eigenvalue weighted by Gasteiger charge is 2.21. The Morgan fingerprint density at radius 3 is 2.55 bits per heavy atom. The van der Waals surface area contributed by atoms with Crippen LogP contribution < -0.4 is 20.9 Å². The van der Waals surface area contributed by atoms with Gasteiger partial charge in [-0.05, 0) is 66.9 Å². The van der Waals surface area contributed by atoms with Crippen molar-refractivity contribution >= 4 is 61.1 Å². The number of nitrogens with zero attached hydrogens (tertiary/aromatic N) is 2. The molecule has 0 atom stereocenters. The second-order valence-corrected chi connectivity index (χ2v) is 13.1. The normalized spacial score (nSPS) is 14.1. The number of rotatable bonds is 9. The van der Waals surface area contributed by atoms with Gasteiger partial charge in [0.2, 0.25) is 5.88 Å². The van der Waals surface area contributed by atoms with Crippen molar-refractivity contribution in [2.24, 2.45) is 0 Å². The number of carbonyl (C=O) groups excluding carboxylic acids is 1. The number of halogens is 2. The third-order valence-electron chi connectivity index (χ3n) is 6.57. The van der Waals surface area contributed by atoms with Gasteiger partial charge >= 0.3 is 6.03 Å². The Labute approximate surface area is 249 Å². The predicted octanol–water partition coefficient (Wildman–Crippen LogP) is 4.19. The number of urea groups is 1. The second-order valence-electron chi connectivity index (χ2n) is 9.46. The maximum Gasteiger partial charge on any atom is 0.333 e. The summed E-state index contributed by atoms with van der Waals surface area (Å²) >= 11 is 6.53. The molecule has 0 spiro atoms. The van der Waals surface area contributed by atoms with Crippen molar-refractivity contribution in [1.82, 2.24) is 14.2 Å². The van der Waals surface area contributed by atoms with Gasteiger partial charge in [0, 0.05) is 42.5 Å². The maximum atomic E-state index is 15.1. The maximum absolute atomic E-state index is 15.1. The molecule has 2 aromatic heterocycles. The van der Waals surface area contributed by atoms with E-state index in [4.69, 9.17) is 16.3 Å². The number of hydrogen-bond acceptors (Lipinski definition) is 9. The van der Waals surface area contributed by atoms with Crippen LogP contribution in [0.15, 0.2) is 63.6 Å². The average molecular weight is 636 g/mol. The van der Waals surface area contributed by atoms with Crippen molar-refractivity contribution < 1.29 is 27.4 Å². The van der Waals surface area contributed by atoms with Crippen molar-refractivity contribution in [1.29, 1.82) is 0 Å². The van der Waals surface area contributed by atoms with Gasteiger partial charge in [0.25, 0.3) is 15.6 Å². The fourth-order valence-corrected chi connectivity index (χ4v) is 6.94. The third-order valence-corrected chi connectivity index (χ3v) is 9.63. The lowest BCUT2D eigenvalue weighted by molar-refractivity contribution is 0.0378. The van der Waals surface area contributed by atoms with Gasteiger partial charge in [-0.2, -0.15) is 0 Å². The van der Waals surface area contributed by atoms with E-state index in [9.17, 15) is 23.1 Å². The van der Waals surface area contributed by atoms with E-state index < -0.39 is 33.3 Å². The first kappa shape index (κ1) is 29.8. The molecule has 42 heavy (non-hydrogen) atoms. The van der Waals surface area contributed by atoms with Crippen molar-refractivity contribution in [2.75, 3.05) is 50.0 Å². The summed E-state index contributed by atoms with van der Waals surface area (Å²) in [7, 11) is -4.18. The number of carbonyl (C=O) groups is 1. The minimum Gasteiger partial charge on any atom is -0.494 e. The summed E-state index contributed by atoms with van der Waals surface area (Å²) in [6.45, 7) is 5.02. The molecule has 3 heterocycles. The number of morpholine rings is 1. The van der Waals surface area contributed by atoms with Gasteiger partial charge in [-0.1, -0.05) is 11.6 Å². The SMILES string of the molecule is O=C(Nc1ccc(-n2c(O)c3ccc(NCCCN4CCOCC4)cc3cc2=O)c(F)c1)NS(=O)(=O)c1ccc(Cl)s1. The minimum absolute atomic E-state index is 0.0779. The highest BCUT2D eigenvalue weighted by molar-refractivity contribution is 7.92. The van der Waals surface area contributed by atoms with Gasteiger partial charge < -0.3 is 20.5 Å². The zero-order valence-electron chi connectivity index (χ0n) is 22.1. The summed E-state index contributed by atoms with van der Waals surface area (Å²) in [5.74, 6) is -1.38. The molecule has 4 N–H and O–H groups in total. The van der Waals surface area contributed by atoms with Crippen molar-refractivity contribution in [3.63, 3.8) is 0 Å². The van der Waals surface area contributed by atoms with Crippen LogP contribution in [0.3, 0.4) is 0 Å². The largest absolute Gasteiger partial charge is 0.494 e. The number of nitrogens with one attached hydrogen (secondary N) is 3. The summed E-state index contributed by atoms with van der Waals surface area (Å²) in [5, 5.41) is 17.3. The average Bonchev–Trinajstić information content (AvgIpc) is 3.40. The van der Waals surface area contributed by atoms with Crippen LogP contribution in [0, 0.1) is 5.82 Å². The molecule has 4 aromatic rings. The van der Waals surface area contributed by atoms with E-state index >= 15 is 4.39 Å². The smallest absolute Gasteiger partial charge is 0.333 e. The highest BCUT2D eigenvalue weighted by atomic mass is 35.5. The number of fused-ring (bicyclic) bond motifs is 1. The minimum atomic E-state index is -4.18. The molecule has 11 nitrogen and oxygen atoms in total. The molecular formula is C27H27ClFN5O6S2. The van der Waals surface area contributed by atoms with Gasteiger partial charge in [-0.3, -0.25) is 9.69 Å². The van der Waals surface area contributed by atoms with E-state index in [1.165, 1.54) is 30.3 Å². The summed E-state index contributed by atoms with van der Waals surface area (Å²) in [4.78, 5) is 27.6.